The van der Waals surface area contributed by atoms with Crippen molar-refractivity contribution in [3.05, 3.63) is 42.5 Å². The van der Waals surface area contributed by atoms with E-state index in [4.69, 9.17) is 5.73 Å². The molecular weight excluding hydrogens is 222 g/mol. The molecule has 2 heterocycles. The number of fused-ring (bicyclic) bond motifs is 1. The topological polar surface area (TPSA) is 41.3 Å². The number of rotatable bonds is 2. The monoisotopic (exact) mass is 243 g/mol. The van der Waals surface area contributed by atoms with Crippen molar-refractivity contribution in [2.75, 3.05) is 24.5 Å². The van der Waals surface area contributed by atoms with Gasteiger partial charge in [0.25, 0.3) is 0 Å². The summed E-state index contributed by atoms with van der Waals surface area (Å²) < 4.78 is 0. The maximum Gasteiger partial charge on any atom is 0.0566 e. The van der Waals surface area contributed by atoms with Crippen molar-refractivity contribution in [3.63, 3.8) is 0 Å². The zero-order valence-electron chi connectivity index (χ0n) is 10.8. The fourth-order valence-electron chi connectivity index (χ4n) is 3.24. The maximum absolute atomic E-state index is 6.06. The number of hydrogen-bond acceptors (Lipinski definition) is 3. The average molecular weight is 243 g/mol. The summed E-state index contributed by atoms with van der Waals surface area (Å²) in [5.74, 6) is 0.513. The molecule has 0 radical (unpaired) electrons. The minimum Gasteiger partial charge on any atom is -0.369 e. The summed E-state index contributed by atoms with van der Waals surface area (Å²) in [6.07, 6.45) is 4.60. The summed E-state index contributed by atoms with van der Waals surface area (Å²) in [7, 11) is 0. The van der Waals surface area contributed by atoms with Gasteiger partial charge in [-0.05, 0) is 19.1 Å². The third-order valence-corrected chi connectivity index (χ3v) is 4.23. The summed E-state index contributed by atoms with van der Waals surface area (Å²) in [6, 6.07) is 11.0. The zero-order valence-corrected chi connectivity index (χ0v) is 10.8. The van der Waals surface area contributed by atoms with Crippen LogP contribution in [0.4, 0.5) is 5.69 Å². The summed E-state index contributed by atoms with van der Waals surface area (Å²) in [5, 5.41) is 3.69. The van der Waals surface area contributed by atoms with E-state index in [9.17, 15) is 0 Å². The first-order valence-corrected chi connectivity index (χ1v) is 6.70. The summed E-state index contributed by atoms with van der Waals surface area (Å²) in [6.45, 7) is 4.93. The number of anilines is 1. The summed E-state index contributed by atoms with van der Waals surface area (Å²) >= 11 is 0. The molecule has 0 amide bonds. The Morgan fingerprint density at radius 2 is 2.11 bits per heavy atom. The van der Waals surface area contributed by atoms with Crippen molar-refractivity contribution in [1.82, 2.24) is 5.32 Å². The van der Waals surface area contributed by atoms with E-state index >= 15 is 0 Å². The molecule has 96 valence electrons. The van der Waals surface area contributed by atoms with Crippen LogP contribution in [-0.2, 0) is 0 Å². The molecule has 1 aromatic rings. The Labute approximate surface area is 109 Å². The van der Waals surface area contributed by atoms with Gasteiger partial charge in [0.2, 0.25) is 0 Å². The molecule has 0 bridgehead atoms. The molecular formula is C15H21N3. The second-order valence-corrected chi connectivity index (χ2v) is 5.50. The molecule has 18 heavy (non-hydrogen) atoms. The maximum atomic E-state index is 6.06. The number of hydrogen-bond donors (Lipinski definition) is 2. The van der Waals surface area contributed by atoms with E-state index in [1.54, 1.807) is 0 Å². The van der Waals surface area contributed by atoms with Crippen molar-refractivity contribution >= 4 is 5.69 Å². The van der Waals surface area contributed by atoms with Crippen LogP contribution in [0.1, 0.15) is 6.92 Å². The molecule has 3 nitrogen and oxygen atoms in total. The quantitative estimate of drug-likeness (QED) is 0.771. The highest BCUT2D eigenvalue weighted by atomic mass is 15.2. The molecule has 0 spiro atoms. The normalized spacial score (nSPS) is 34.7. The van der Waals surface area contributed by atoms with Crippen LogP contribution in [-0.4, -0.2) is 31.2 Å². The fraction of sp³-hybridized carbons (Fsp3) is 0.467. The van der Waals surface area contributed by atoms with Crippen LogP contribution in [0, 0.1) is 5.92 Å². The second-order valence-electron chi connectivity index (χ2n) is 5.50. The lowest BCUT2D eigenvalue weighted by molar-refractivity contribution is 0.284. The van der Waals surface area contributed by atoms with Gasteiger partial charge < -0.3 is 16.0 Å². The number of nitrogens with one attached hydrogen (secondary N) is 1. The highest BCUT2D eigenvalue weighted by Crippen LogP contribution is 2.34. The minimum atomic E-state index is 0.0456. The summed E-state index contributed by atoms with van der Waals surface area (Å²) in [5.41, 5.74) is 7.40. The first kappa shape index (κ1) is 11.8. The van der Waals surface area contributed by atoms with Crippen molar-refractivity contribution in [3.8, 4) is 0 Å². The minimum absolute atomic E-state index is 0.0456. The van der Waals surface area contributed by atoms with Gasteiger partial charge in [0.05, 0.1) is 5.54 Å². The molecule has 0 aliphatic carbocycles. The van der Waals surface area contributed by atoms with Gasteiger partial charge in [-0.3, -0.25) is 0 Å². The van der Waals surface area contributed by atoms with Crippen LogP contribution in [0.2, 0.25) is 0 Å². The van der Waals surface area contributed by atoms with Gasteiger partial charge in [0.1, 0.15) is 0 Å². The van der Waals surface area contributed by atoms with Crippen LogP contribution in [0.3, 0.4) is 0 Å². The van der Waals surface area contributed by atoms with E-state index in [1.807, 2.05) is 0 Å². The predicted molar refractivity (Wildman–Crippen MR) is 75.7 cm³/mol. The second kappa shape index (κ2) is 4.41. The molecule has 1 fully saturated rings. The summed E-state index contributed by atoms with van der Waals surface area (Å²) in [4.78, 5) is 2.44. The lowest BCUT2D eigenvalue weighted by atomic mass is 9.83. The molecule has 3 atom stereocenters. The van der Waals surface area contributed by atoms with Crippen molar-refractivity contribution < 1.29 is 0 Å². The van der Waals surface area contributed by atoms with E-state index in [0.717, 1.165) is 13.1 Å². The molecule has 2 aliphatic heterocycles. The predicted octanol–water partition coefficient (Wildman–Crippen LogP) is 1.37. The molecule has 1 saturated heterocycles. The van der Waals surface area contributed by atoms with Crippen LogP contribution in [0.5, 0.6) is 0 Å². The van der Waals surface area contributed by atoms with Crippen LogP contribution in [0.25, 0.3) is 0 Å². The van der Waals surface area contributed by atoms with Gasteiger partial charge in [-0.25, -0.2) is 0 Å². The standard InChI is InChI=1S/C15H21N3/c1-12-7-8-13-9-18(11-15(13,10-16)17-12)14-5-3-2-4-6-14/h2-8,12-13,17H,9-11,16H2,1H3/t12-,13-,15-/m1/s1. The van der Waals surface area contributed by atoms with E-state index in [0.29, 0.717) is 18.5 Å². The molecule has 0 aromatic heterocycles. The molecule has 0 saturated carbocycles. The van der Waals surface area contributed by atoms with Gasteiger partial charge in [0, 0.05) is 37.3 Å². The van der Waals surface area contributed by atoms with E-state index < -0.39 is 0 Å². The van der Waals surface area contributed by atoms with Gasteiger partial charge in [0.15, 0.2) is 0 Å². The highest BCUT2D eigenvalue weighted by molar-refractivity contribution is 5.49. The van der Waals surface area contributed by atoms with E-state index in [2.05, 4.69) is 59.6 Å². The van der Waals surface area contributed by atoms with Crippen molar-refractivity contribution in [1.29, 1.82) is 0 Å². The number of nitrogens with two attached hydrogens (primary N) is 1. The highest BCUT2D eigenvalue weighted by Gasteiger charge is 2.46. The van der Waals surface area contributed by atoms with Crippen LogP contribution in [0.15, 0.2) is 42.5 Å². The zero-order chi connectivity index (χ0) is 12.6. The Balaban J connectivity index is 1.87. The molecule has 2 aliphatic rings. The lowest BCUT2D eigenvalue weighted by Gasteiger charge is -2.38. The largest absolute Gasteiger partial charge is 0.369 e. The Morgan fingerprint density at radius 3 is 2.83 bits per heavy atom. The molecule has 0 unspecified atom stereocenters. The van der Waals surface area contributed by atoms with Crippen LogP contribution < -0.4 is 16.0 Å². The first-order valence-electron chi connectivity index (χ1n) is 6.70. The van der Waals surface area contributed by atoms with Gasteiger partial charge in [-0.1, -0.05) is 30.4 Å². The number of para-hydroxylation sites is 1. The Hall–Kier alpha value is -1.32. The van der Waals surface area contributed by atoms with E-state index in [1.165, 1.54) is 5.69 Å². The third kappa shape index (κ3) is 1.84. The number of nitrogens with zero attached hydrogens (tertiary/aromatic N) is 1. The molecule has 1 aromatic carbocycles. The van der Waals surface area contributed by atoms with Crippen molar-refractivity contribution in [2.24, 2.45) is 11.7 Å². The Kier molecular flexibility index (Phi) is 2.88. The fourth-order valence-corrected chi connectivity index (χ4v) is 3.24. The van der Waals surface area contributed by atoms with E-state index in [-0.39, 0.29) is 5.54 Å². The van der Waals surface area contributed by atoms with Gasteiger partial charge >= 0.3 is 0 Å². The molecule has 3 N–H and O–H groups in total. The smallest absolute Gasteiger partial charge is 0.0566 e. The SMILES string of the molecule is C[C@@H]1C=C[C@@H]2CN(c3ccccc3)C[C@@]2(CN)N1. The van der Waals surface area contributed by atoms with Crippen molar-refractivity contribution in [2.45, 2.75) is 18.5 Å². The Morgan fingerprint density at radius 1 is 1.33 bits per heavy atom. The Bertz CT molecular complexity index is 442. The van der Waals surface area contributed by atoms with Crippen LogP contribution >= 0.6 is 0 Å². The number of benzene rings is 1. The first-order chi connectivity index (χ1) is 8.73. The van der Waals surface area contributed by atoms with Gasteiger partial charge in [-0.15, -0.1) is 0 Å². The third-order valence-electron chi connectivity index (χ3n) is 4.23. The lowest BCUT2D eigenvalue weighted by Crippen LogP contribution is -2.61. The molecule has 3 heteroatoms. The molecule has 3 rings (SSSR count). The van der Waals surface area contributed by atoms with Gasteiger partial charge in [-0.2, -0.15) is 0 Å². The average Bonchev–Trinajstić information content (AvgIpc) is 2.79.